The molecule has 9 heteroatoms. The molecular weight excluding hydrogens is 306 g/mol. The molecule has 0 spiro atoms. The van der Waals surface area contributed by atoms with Crippen LogP contribution in [-0.2, 0) is 11.3 Å². The van der Waals surface area contributed by atoms with E-state index in [1.807, 2.05) is 11.8 Å². The summed E-state index contributed by atoms with van der Waals surface area (Å²) < 4.78 is 26.4. The number of hydrogen-bond acceptors (Lipinski definition) is 3. The van der Waals surface area contributed by atoms with Gasteiger partial charge in [0, 0.05) is 52.0 Å². The number of carbonyl (C=O) groups is 1. The van der Waals surface area contributed by atoms with Gasteiger partial charge in [-0.3, -0.25) is 9.36 Å². The van der Waals surface area contributed by atoms with Gasteiger partial charge < -0.3 is 15.1 Å². The smallest absolute Gasteiger partial charge is 0.319 e. The van der Waals surface area contributed by atoms with E-state index in [4.69, 9.17) is 0 Å². The van der Waals surface area contributed by atoms with Gasteiger partial charge in [-0.25, -0.2) is 9.98 Å². The lowest BCUT2D eigenvalue weighted by Gasteiger charge is -2.36. The minimum atomic E-state index is -2.62. The van der Waals surface area contributed by atoms with Crippen molar-refractivity contribution in [2.24, 2.45) is 4.99 Å². The molecule has 1 aliphatic rings. The number of alkyl halides is 2. The van der Waals surface area contributed by atoms with Crippen LogP contribution in [-0.4, -0.2) is 63.9 Å². The minimum Gasteiger partial charge on any atom is -0.357 e. The van der Waals surface area contributed by atoms with Gasteiger partial charge in [0.2, 0.25) is 5.91 Å². The SMILES string of the molecule is CCNC(=NCc1nccn1C(F)F)N1CCN(C(C)=O)CC1. The van der Waals surface area contributed by atoms with E-state index < -0.39 is 6.55 Å². The topological polar surface area (TPSA) is 65.8 Å². The molecule has 0 atom stereocenters. The van der Waals surface area contributed by atoms with E-state index in [1.165, 1.54) is 12.4 Å². The lowest BCUT2D eigenvalue weighted by atomic mass is 10.3. The largest absolute Gasteiger partial charge is 0.357 e. The number of carbonyl (C=O) groups excluding carboxylic acids is 1. The van der Waals surface area contributed by atoms with E-state index in [0.29, 0.717) is 38.7 Å². The number of rotatable bonds is 4. The molecule has 0 aromatic carbocycles. The van der Waals surface area contributed by atoms with Crippen LogP contribution >= 0.6 is 0 Å². The maximum Gasteiger partial charge on any atom is 0.319 e. The Hall–Kier alpha value is -2.19. The van der Waals surface area contributed by atoms with Crippen LogP contribution < -0.4 is 5.32 Å². The number of imidazole rings is 1. The highest BCUT2D eigenvalue weighted by Crippen LogP contribution is 2.13. The Morgan fingerprint density at radius 1 is 1.35 bits per heavy atom. The van der Waals surface area contributed by atoms with Crippen LogP contribution in [0.4, 0.5) is 8.78 Å². The maximum absolute atomic E-state index is 12.8. The summed E-state index contributed by atoms with van der Waals surface area (Å²) in [6.07, 6.45) is 2.59. The number of nitrogens with zero attached hydrogens (tertiary/aromatic N) is 5. The highest BCUT2D eigenvalue weighted by atomic mass is 19.3. The lowest BCUT2D eigenvalue weighted by molar-refractivity contribution is -0.130. The first-order chi connectivity index (χ1) is 11.0. The second-order valence-corrected chi connectivity index (χ2v) is 5.19. The van der Waals surface area contributed by atoms with Crippen molar-refractivity contribution in [2.45, 2.75) is 26.9 Å². The molecular formula is C14H22F2N6O. The predicted molar refractivity (Wildman–Crippen MR) is 82.1 cm³/mol. The van der Waals surface area contributed by atoms with Gasteiger partial charge in [-0.15, -0.1) is 0 Å². The highest BCUT2D eigenvalue weighted by molar-refractivity contribution is 5.80. The van der Waals surface area contributed by atoms with Crippen LogP contribution in [0.15, 0.2) is 17.4 Å². The summed E-state index contributed by atoms with van der Waals surface area (Å²) in [5.74, 6) is 0.933. The quantitative estimate of drug-likeness (QED) is 0.659. The Morgan fingerprint density at radius 3 is 2.57 bits per heavy atom. The molecule has 1 N–H and O–H groups in total. The number of aliphatic imine (C=N–C) groups is 1. The van der Waals surface area contributed by atoms with E-state index >= 15 is 0 Å². The molecule has 0 saturated carbocycles. The van der Waals surface area contributed by atoms with Crippen LogP contribution in [0.2, 0.25) is 0 Å². The summed E-state index contributed by atoms with van der Waals surface area (Å²) in [6.45, 7) is 4.21. The lowest BCUT2D eigenvalue weighted by Crippen LogP contribution is -2.53. The van der Waals surface area contributed by atoms with Crippen molar-refractivity contribution in [3.8, 4) is 0 Å². The summed E-state index contributed by atoms with van der Waals surface area (Å²) in [5, 5.41) is 3.16. The first-order valence-corrected chi connectivity index (χ1v) is 7.61. The number of piperazine rings is 1. The molecule has 0 aliphatic carbocycles. The van der Waals surface area contributed by atoms with Crippen LogP contribution in [0.3, 0.4) is 0 Å². The molecule has 1 aromatic rings. The fourth-order valence-electron chi connectivity index (χ4n) is 2.45. The van der Waals surface area contributed by atoms with Crippen LogP contribution in [0, 0.1) is 0 Å². The van der Waals surface area contributed by atoms with Gasteiger partial charge >= 0.3 is 6.55 Å². The predicted octanol–water partition coefficient (Wildman–Crippen LogP) is 0.908. The summed E-state index contributed by atoms with van der Waals surface area (Å²) in [4.78, 5) is 23.5. The Bertz CT molecular complexity index is 551. The average molecular weight is 328 g/mol. The molecule has 0 radical (unpaired) electrons. The van der Waals surface area contributed by atoms with Crippen LogP contribution in [0.25, 0.3) is 0 Å². The molecule has 1 aromatic heterocycles. The van der Waals surface area contributed by atoms with Crippen molar-refractivity contribution in [3.63, 3.8) is 0 Å². The van der Waals surface area contributed by atoms with Gasteiger partial charge in [-0.2, -0.15) is 8.78 Å². The summed E-state index contributed by atoms with van der Waals surface area (Å²) in [6, 6.07) is 0. The number of halogens is 2. The number of amides is 1. The molecule has 2 heterocycles. The number of aromatic nitrogens is 2. The van der Waals surface area contributed by atoms with Crippen molar-refractivity contribution >= 4 is 11.9 Å². The van der Waals surface area contributed by atoms with Crippen molar-refractivity contribution in [1.82, 2.24) is 24.7 Å². The first-order valence-electron chi connectivity index (χ1n) is 7.61. The number of guanidine groups is 1. The average Bonchev–Trinajstić information content (AvgIpc) is 3.00. The zero-order valence-corrected chi connectivity index (χ0v) is 13.4. The molecule has 2 rings (SSSR count). The molecule has 7 nitrogen and oxygen atoms in total. The third-order valence-corrected chi connectivity index (χ3v) is 3.69. The van der Waals surface area contributed by atoms with Crippen molar-refractivity contribution < 1.29 is 13.6 Å². The Kier molecular flexibility index (Phi) is 5.89. The van der Waals surface area contributed by atoms with Crippen molar-refractivity contribution in [3.05, 3.63) is 18.2 Å². The molecule has 1 aliphatic heterocycles. The van der Waals surface area contributed by atoms with E-state index in [9.17, 15) is 13.6 Å². The normalized spacial score (nSPS) is 16.1. The number of hydrogen-bond donors (Lipinski definition) is 1. The van der Waals surface area contributed by atoms with Gasteiger partial charge in [0.05, 0.1) is 0 Å². The maximum atomic E-state index is 12.8. The fraction of sp³-hybridized carbons (Fsp3) is 0.643. The summed E-state index contributed by atoms with van der Waals surface area (Å²) >= 11 is 0. The van der Waals surface area contributed by atoms with Gasteiger partial charge in [0.15, 0.2) is 5.96 Å². The number of nitrogens with one attached hydrogen (secondary N) is 1. The van der Waals surface area contributed by atoms with Gasteiger partial charge in [-0.05, 0) is 6.92 Å². The van der Waals surface area contributed by atoms with E-state index in [0.717, 1.165) is 4.57 Å². The second kappa shape index (κ2) is 7.89. The Morgan fingerprint density at radius 2 is 2.00 bits per heavy atom. The zero-order chi connectivity index (χ0) is 16.8. The molecule has 0 unspecified atom stereocenters. The van der Waals surface area contributed by atoms with E-state index in [1.54, 1.807) is 11.8 Å². The molecule has 1 amide bonds. The molecule has 1 fully saturated rings. The summed E-state index contributed by atoms with van der Waals surface area (Å²) in [7, 11) is 0. The van der Waals surface area contributed by atoms with E-state index in [2.05, 4.69) is 15.3 Å². The summed E-state index contributed by atoms with van der Waals surface area (Å²) in [5.41, 5.74) is 0. The monoisotopic (exact) mass is 328 g/mol. The molecule has 0 bridgehead atoms. The Labute approximate surface area is 134 Å². The third-order valence-electron chi connectivity index (χ3n) is 3.69. The second-order valence-electron chi connectivity index (χ2n) is 5.19. The first kappa shape index (κ1) is 17.2. The standard InChI is InChI=1S/C14H22F2N6O/c1-3-17-14(21-8-6-20(7-9-21)11(2)23)19-10-12-18-4-5-22(12)13(15)16/h4-5,13H,3,6-10H2,1-2H3,(H,17,19). The minimum absolute atomic E-state index is 0.0607. The molecule has 1 saturated heterocycles. The Balaban J connectivity index is 2.03. The van der Waals surface area contributed by atoms with E-state index in [-0.39, 0.29) is 18.3 Å². The zero-order valence-electron chi connectivity index (χ0n) is 13.4. The van der Waals surface area contributed by atoms with Crippen molar-refractivity contribution in [1.29, 1.82) is 0 Å². The van der Waals surface area contributed by atoms with Gasteiger partial charge in [0.1, 0.15) is 12.4 Å². The van der Waals surface area contributed by atoms with Gasteiger partial charge in [0.25, 0.3) is 0 Å². The third kappa shape index (κ3) is 4.40. The van der Waals surface area contributed by atoms with Crippen LogP contribution in [0.1, 0.15) is 26.2 Å². The van der Waals surface area contributed by atoms with Crippen molar-refractivity contribution in [2.75, 3.05) is 32.7 Å². The fourth-order valence-corrected chi connectivity index (χ4v) is 2.45. The highest BCUT2D eigenvalue weighted by Gasteiger charge is 2.21. The van der Waals surface area contributed by atoms with Crippen LogP contribution in [0.5, 0.6) is 0 Å². The van der Waals surface area contributed by atoms with Gasteiger partial charge in [-0.1, -0.05) is 0 Å². The molecule has 128 valence electrons. The molecule has 23 heavy (non-hydrogen) atoms.